The normalized spacial score (nSPS) is 23.1. The van der Waals surface area contributed by atoms with E-state index < -0.39 is 5.97 Å². The molecule has 1 saturated carbocycles. The van der Waals surface area contributed by atoms with Crippen LogP contribution < -0.4 is 4.90 Å². The summed E-state index contributed by atoms with van der Waals surface area (Å²) in [5.41, 5.74) is 2.27. The highest BCUT2D eigenvalue weighted by Gasteiger charge is 2.52. The largest absolute Gasteiger partial charge is 0.478 e. The van der Waals surface area contributed by atoms with Gasteiger partial charge < -0.3 is 10.0 Å². The molecule has 0 saturated heterocycles. The summed E-state index contributed by atoms with van der Waals surface area (Å²) in [7, 11) is 0. The number of carbonyl (C=O) groups excluding carboxylic acids is 1. The zero-order valence-corrected chi connectivity index (χ0v) is 11.1. The number of benzene rings is 1. The van der Waals surface area contributed by atoms with Crippen LogP contribution in [0.5, 0.6) is 0 Å². The van der Waals surface area contributed by atoms with Gasteiger partial charge in [0.15, 0.2) is 0 Å². The zero-order valence-electron chi connectivity index (χ0n) is 11.1. The van der Waals surface area contributed by atoms with Crippen molar-refractivity contribution >= 4 is 17.6 Å². The van der Waals surface area contributed by atoms with Crippen LogP contribution in [-0.4, -0.2) is 23.5 Å². The van der Waals surface area contributed by atoms with Gasteiger partial charge in [0.05, 0.1) is 5.56 Å². The SMILES string of the molecule is CC1(C)CC1C(=O)N1CCc2cc(C(=O)O)ccc21. The molecule has 1 atom stereocenters. The fraction of sp³-hybridized carbons (Fsp3) is 0.467. The lowest BCUT2D eigenvalue weighted by Gasteiger charge is -2.18. The van der Waals surface area contributed by atoms with E-state index in [4.69, 9.17) is 5.11 Å². The first-order valence-corrected chi connectivity index (χ1v) is 6.58. The zero-order chi connectivity index (χ0) is 13.8. The number of carboxylic acids is 1. The molecule has 0 spiro atoms. The monoisotopic (exact) mass is 259 g/mol. The van der Waals surface area contributed by atoms with Crippen LogP contribution in [-0.2, 0) is 11.2 Å². The third-order valence-corrected chi connectivity index (χ3v) is 4.30. The number of carboxylic acid groups (broad SMARTS) is 1. The van der Waals surface area contributed by atoms with Gasteiger partial charge in [-0.15, -0.1) is 0 Å². The van der Waals surface area contributed by atoms with Crippen molar-refractivity contribution in [2.45, 2.75) is 26.7 Å². The van der Waals surface area contributed by atoms with Crippen molar-refractivity contribution in [1.82, 2.24) is 0 Å². The number of aromatic carboxylic acids is 1. The summed E-state index contributed by atoms with van der Waals surface area (Å²) in [5.74, 6) is -0.611. The van der Waals surface area contributed by atoms with E-state index in [0.717, 1.165) is 24.1 Å². The molecule has 1 amide bonds. The van der Waals surface area contributed by atoms with Crippen molar-refractivity contribution in [3.8, 4) is 0 Å². The van der Waals surface area contributed by atoms with E-state index in [1.807, 2.05) is 4.90 Å². The lowest BCUT2D eigenvalue weighted by Crippen LogP contribution is -2.31. The van der Waals surface area contributed by atoms with Crippen molar-refractivity contribution in [3.63, 3.8) is 0 Å². The molecule has 1 fully saturated rings. The van der Waals surface area contributed by atoms with Gasteiger partial charge in [0.2, 0.25) is 5.91 Å². The molecule has 1 aromatic carbocycles. The Hall–Kier alpha value is -1.84. The van der Waals surface area contributed by atoms with E-state index in [2.05, 4.69) is 13.8 Å². The van der Waals surface area contributed by atoms with Gasteiger partial charge in [0.1, 0.15) is 0 Å². The maximum absolute atomic E-state index is 12.4. The van der Waals surface area contributed by atoms with Crippen LogP contribution in [0.2, 0.25) is 0 Å². The second-order valence-electron chi connectivity index (χ2n) is 6.13. The standard InChI is InChI=1S/C15H17NO3/c1-15(2)8-11(15)13(17)16-6-5-9-7-10(14(18)19)3-4-12(9)16/h3-4,7,11H,5-6,8H2,1-2H3,(H,18,19). The molecule has 1 heterocycles. The van der Waals surface area contributed by atoms with Crippen molar-refractivity contribution in [1.29, 1.82) is 0 Å². The molecule has 4 heteroatoms. The van der Waals surface area contributed by atoms with Crippen molar-refractivity contribution in [2.75, 3.05) is 11.4 Å². The Morgan fingerprint density at radius 2 is 2.05 bits per heavy atom. The molecule has 2 aliphatic rings. The van der Waals surface area contributed by atoms with Crippen LogP contribution >= 0.6 is 0 Å². The van der Waals surface area contributed by atoms with Gasteiger partial charge >= 0.3 is 5.97 Å². The molecule has 4 nitrogen and oxygen atoms in total. The Balaban J connectivity index is 1.87. The van der Waals surface area contributed by atoms with E-state index in [9.17, 15) is 9.59 Å². The Labute approximate surface area is 112 Å². The molecule has 1 unspecified atom stereocenters. The van der Waals surface area contributed by atoms with Gasteiger partial charge in [0.25, 0.3) is 0 Å². The van der Waals surface area contributed by atoms with Gasteiger partial charge in [-0.1, -0.05) is 13.8 Å². The van der Waals surface area contributed by atoms with E-state index in [1.165, 1.54) is 0 Å². The average Bonchev–Trinajstić information content (AvgIpc) is 2.83. The maximum Gasteiger partial charge on any atom is 0.335 e. The quantitative estimate of drug-likeness (QED) is 0.886. The molecule has 1 aromatic rings. The van der Waals surface area contributed by atoms with Gasteiger partial charge in [0, 0.05) is 18.2 Å². The molecule has 0 bridgehead atoms. The van der Waals surface area contributed by atoms with Gasteiger partial charge in [-0.3, -0.25) is 4.79 Å². The Morgan fingerprint density at radius 1 is 1.37 bits per heavy atom. The summed E-state index contributed by atoms with van der Waals surface area (Å²) in [6.45, 7) is 4.89. The summed E-state index contributed by atoms with van der Waals surface area (Å²) in [6, 6.07) is 5.02. The van der Waals surface area contributed by atoms with Crippen LogP contribution in [0.1, 0.15) is 36.2 Å². The number of anilines is 1. The minimum absolute atomic E-state index is 0.123. The molecule has 100 valence electrons. The summed E-state index contributed by atoms with van der Waals surface area (Å²) in [5, 5.41) is 8.98. The molecular formula is C15H17NO3. The van der Waals surface area contributed by atoms with Crippen LogP contribution in [0.4, 0.5) is 5.69 Å². The second-order valence-corrected chi connectivity index (χ2v) is 6.13. The third kappa shape index (κ3) is 1.91. The number of hydrogen-bond acceptors (Lipinski definition) is 2. The van der Waals surface area contributed by atoms with Crippen LogP contribution in [0.3, 0.4) is 0 Å². The summed E-state index contributed by atoms with van der Waals surface area (Å²) in [6.07, 6.45) is 1.69. The minimum Gasteiger partial charge on any atom is -0.478 e. The number of nitrogens with zero attached hydrogens (tertiary/aromatic N) is 1. The molecule has 1 aliphatic carbocycles. The first-order valence-electron chi connectivity index (χ1n) is 6.58. The third-order valence-electron chi connectivity index (χ3n) is 4.30. The number of fused-ring (bicyclic) bond motifs is 1. The lowest BCUT2D eigenvalue weighted by molar-refractivity contribution is -0.120. The fourth-order valence-electron chi connectivity index (χ4n) is 2.84. The molecule has 1 N–H and O–H groups in total. The predicted octanol–water partition coefficient (Wildman–Crippen LogP) is 2.32. The van der Waals surface area contributed by atoms with E-state index in [0.29, 0.717) is 12.1 Å². The number of carbonyl (C=O) groups is 2. The van der Waals surface area contributed by atoms with Gasteiger partial charge in [-0.2, -0.15) is 0 Å². The smallest absolute Gasteiger partial charge is 0.335 e. The average molecular weight is 259 g/mol. The van der Waals surface area contributed by atoms with Crippen LogP contribution in [0, 0.1) is 11.3 Å². The van der Waals surface area contributed by atoms with E-state index in [-0.39, 0.29) is 17.2 Å². The van der Waals surface area contributed by atoms with Gasteiger partial charge in [-0.25, -0.2) is 4.79 Å². The Bertz CT molecular complexity index is 577. The minimum atomic E-state index is -0.920. The Kier molecular flexibility index (Phi) is 2.46. The first-order chi connectivity index (χ1) is 8.90. The van der Waals surface area contributed by atoms with Crippen LogP contribution in [0.25, 0.3) is 0 Å². The van der Waals surface area contributed by atoms with E-state index >= 15 is 0 Å². The highest BCUT2D eigenvalue weighted by Crippen LogP contribution is 2.53. The Morgan fingerprint density at radius 3 is 2.63 bits per heavy atom. The van der Waals surface area contributed by atoms with Crippen LogP contribution in [0.15, 0.2) is 18.2 Å². The highest BCUT2D eigenvalue weighted by molar-refractivity contribution is 5.99. The van der Waals surface area contributed by atoms with E-state index in [1.54, 1.807) is 18.2 Å². The molecule has 1 aliphatic heterocycles. The maximum atomic E-state index is 12.4. The molecule has 3 rings (SSSR count). The summed E-state index contributed by atoms with van der Waals surface area (Å²) >= 11 is 0. The second kappa shape index (κ2) is 3.83. The lowest BCUT2D eigenvalue weighted by atomic mass is 10.1. The fourth-order valence-corrected chi connectivity index (χ4v) is 2.84. The first kappa shape index (κ1) is 12.2. The molecule has 0 aromatic heterocycles. The van der Waals surface area contributed by atoms with Crippen molar-refractivity contribution in [3.05, 3.63) is 29.3 Å². The van der Waals surface area contributed by atoms with Crippen molar-refractivity contribution in [2.24, 2.45) is 11.3 Å². The number of amides is 1. The topological polar surface area (TPSA) is 57.6 Å². The molecule has 19 heavy (non-hydrogen) atoms. The number of rotatable bonds is 2. The highest BCUT2D eigenvalue weighted by atomic mass is 16.4. The predicted molar refractivity (Wildman–Crippen MR) is 71.3 cm³/mol. The number of hydrogen-bond donors (Lipinski definition) is 1. The van der Waals surface area contributed by atoms with Gasteiger partial charge in [-0.05, 0) is 42.0 Å². The van der Waals surface area contributed by atoms with Crippen molar-refractivity contribution < 1.29 is 14.7 Å². The molecule has 0 radical (unpaired) electrons. The molecular weight excluding hydrogens is 242 g/mol. The summed E-state index contributed by atoms with van der Waals surface area (Å²) in [4.78, 5) is 25.2. The summed E-state index contributed by atoms with van der Waals surface area (Å²) < 4.78 is 0.